The van der Waals surface area contributed by atoms with Gasteiger partial charge in [-0.15, -0.1) is 0 Å². The van der Waals surface area contributed by atoms with Crippen LogP contribution >= 0.6 is 0 Å². The summed E-state index contributed by atoms with van der Waals surface area (Å²) in [6.45, 7) is 4.17. The van der Waals surface area contributed by atoms with Crippen LogP contribution < -0.4 is 11.1 Å². The first kappa shape index (κ1) is 13.1. The van der Waals surface area contributed by atoms with Crippen molar-refractivity contribution in [2.24, 2.45) is 11.1 Å². The van der Waals surface area contributed by atoms with E-state index in [2.05, 4.69) is 24.1 Å². The third kappa shape index (κ3) is 1.96. The Morgan fingerprint density at radius 1 is 1.35 bits per heavy atom. The number of hydrogen-bond donors (Lipinski definition) is 2. The largest absolute Gasteiger partial charge is 0.347 e. The van der Waals surface area contributed by atoms with E-state index in [4.69, 9.17) is 5.73 Å². The van der Waals surface area contributed by atoms with Crippen LogP contribution in [0.15, 0.2) is 36.5 Å². The summed E-state index contributed by atoms with van der Waals surface area (Å²) in [6.07, 6.45) is 2.50. The highest BCUT2D eigenvalue weighted by atomic mass is 16.2. The molecule has 3 N–H and O–H groups in total. The Balaban J connectivity index is 1.87. The number of nitrogens with one attached hydrogen (secondary N) is 1. The van der Waals surface area contributed by atoms with Crippen molar-refractivity contribution >= 4 is 16.7 Å². The number of fused-ring (bicyclic) bond motifs is 1. The van der Waals surface area contributed by atoms with Gasteiger partial charge >= 0.3 is 0 Å². The van der Waals surface area contributed by atoms with Crippen molar-refractivity contribution in [1.82, 2.24) is 10.3 Å². The van der Waals surface area contributed by atoms with Crippen molar-refractivity contribution in [3.8, 4) is 0 Å². The van der Waals surface area contributed by atoms with Gasteiger partial charge in [-0.1, -0.05) is 38.1 Å². The number of nitrogens with two attached hydrogens (primary N) is 1. The van der Waals surface area contributed by atoms with E-state index < -0.39 is 0 Å². The van der Waals surface area contributed by atoms with Crippen LogP contribution in [0.25, 0.3) is 10.8 Å². The third-order valence-electron chi connectivity index (χ3n) is 4.54. The quantitative estimate of drug-likeness (QED) is 0.877. The van der Waals surface area contributed by atoms with Gasteiger partial charge in [0.15, 0.2) is 0 Å². The van der Waals surface area contributed by atoms with E-state index in [9.17, 15) is 4.79 Å². The van der Waals surface area contributed by atoms with Crippen molar-refractivity contribution in [2.75, 3.05) is 0 Å². The van der Waals surface area contributed by atoms with E-state index in [1.807, 2.05) is 30.3 Å². The minimum atomic E-state index is -0.119. The molecule has 0 spiro atoms. The van der Waals surface area contributed by atoms with E-state index in [1.54, 1.807) is 6.20 Å². The molecule has 104 valence electrons. The lowest BCUT2D eigenvalue weighted by Crippen LogP contribution is -2.64. The summed E-state index contributed by atoms with van der Waals surface area (Å²) in [4.78, 5) is 16.7. The summed E-state index contributed by atoms with van der Waals surface area (Å²) in [5, 5.41) is 4.97. The lowest BCUT2D eigenvalue weighted by molar-refractivity contribution is 0.0584. The number of benzene rings is 1. The van der Waals surface area contributed by atoms with Crippen LogP contribution in [-0.2, 0) is 0 Å². The van der Waals surface area contributed by atoms with Crippen molar-refractivity contribution in [3.05, 3.63) is 42.2 Å². The second-order valence-electron chi connectivity index (χ2n) is 6.07. The first-order valence-electron chi connectivity index (χ1n) is 6.90. The van der Waals surface area contributed by atoms with Gasteiger partial charge < -0.3 is 11.1 Å². The van der Waals surface area contributed by atoms with Gasteiger partial charge in [0, 0.05) is 29.1 Å². The molecule has 1 aliphatic carbocycles. The Morgan fingerprint density at radius 3 is 2.80 bits per heavy atom. The van der Waals surface area contributed by atoms with E-state index in [-0.39, 0.29) is 23.4 Å². The molecular weight excluding hydrogens is 250 g/mol. The van der Waals surface area contributed by atoms with Gasteiger partial charge in [-0.25, -0.2) is 0 Å². The number of rotatable bonds is 2. The molecule has 2 atom stereocenters. The predicted molar refractivity (Wildman–Crippen MR) is 79.4 cm³/mol. The summed E-state index contributed by atoms with van der Waals surface area (Å²) in [5.41, 5.74) is 6.41. The summed E-state index contributed by atoms with van der Waals surface area (Å²) in [7, 11) is 0. The van der Waals surface area contributed by atoms with Gasteiger partial charge in [0.1, 0.15) is 5.69 Å². The maximum Gasteiger partial charge on any atom is 0.270 e. The fraction of sp³-hybridized carbons (Fsp3) is 0.375. The standard InChI is InChI=1S/C16H19N3O/c1-16(2)12(17)9-13(16)19-15(20)14-11-6-4-3-5-10(11)7-8-18-14/h3-8,12-13H,9,17H2,1-2H3,(H,19,20). The molecule has 3 rings (SSSR count). The minimum absolute atomic E-state index is 0.0553. The Hall–Kier alpha value is -1.94. The number of amides is 1. The highest BCUT2D eigenvalue weighted by molar-refractivity contribution is 6.05. The molecule has 1 heterocycles. The van der Waals surface area contributed by atoms with Crippen LogP contribution in [0.5, 0.6) is 0 Å². The number of hydrogen-bond acceptors (Lipinski definition) is 3. The average molecular weight is 269 g/mol. The third-order valence-corrected chi connectivity index (χ3v) is 4.54. The molecule has 2 unspecified atom stereocenters. The second kappa shape index (κ2) is 4.56. The number of aromatic nitrogens is 1. The zero-order chi connectivity index (χ0) is 14.3. The normalized spacial score (nSPS) is 24.1. The molecule has 1 amide bonds. The second-order valence-corrected chi connectivity index (χ2v) is 6.07. The first-order valence-corrected chi connectivity index (χ1v) is 6.90. The molecule has 1 aromatic heterocycles. The summed E-state index contributed by atoms with van der Waals surface area (Å²) in [5.74, 6) is -0.119. The van der Waals surface area contributed by atoms with Crippen molar-refractivity contribution in [1.29, 1.82) is 0 Å². The number of nitrogens with zero attached hydrogens (tertiary/aromatic N) is 1. The van der Waals surface area contributed by atoms with Gasteiger partial charge in [0.2, 0.25) is 0 Å². The number of pyridine rings is 1. The Kier molecular flexibility index (Phi) is 2.98. The molecule has 1 aromatic carbocycles. The van der Waals surface area contributed by atoms with Gasteiger partial charge in [-0.2, -0.15) is 0 Å². The van der Waals surface area contributed by atoms with Crippen molar-refractivity contribution in [3.63, 3.8) is 0 Å². The maximum absolute atomic E-state index is 12.4. The summed E-state index contributed by atoms with van der Waals surface area (Å²) >= 11 is 0. The molecule has 1 saturated carbocycles. The molecule has 0 aliphatic heterocycles. The molecule has 20 heavy (non-hydrogen) atoms. The molecule has 4 heteroatoms. The summed E-state index contributed by atoms with van der Waals surface area (Å²) in [6, 6.07) is 9.96. The lowest BCUT2D eigenvalue weighted by atomic mass is 9.63. The van der Waals surface area contributed by atoms with Crippen LogP contribution in [0.4, 0.5) is 0 Å². The first-order chi connectivity index (χ1) is 9.50. The van der Waals surface area contributed by atoms with Gasteiger partial charge in [-0.05, 0) is 17.9 Å². The zero-order valence-corrected chi connectivity index (χ0v) is 11.8. The van der Waals surface area contributed by atoms with Crippen LogP contribution in [0.1, 0.15) is 30.8 Å². The molecule has 0 bridgehead atoms. The van der Waals surface area contributed by atoms with E-state index in [0.717, 1.165) is 17.2 Å². The number of carbonyl (C=O) groups is 1. The summed E-state index contributed by atoms with van der Waals surface area (Å²) < 4.78 is 0. The highest BCUT2D eigenvalue weighted by Crippen LogP contribution is 2.39. The molecule has 1 aliphatic rings. The van der Waals surface area contributed by atoms with Crippen LogP contribution in [-0.4, -0.2) is 23.0 Å². The van der Waals surface area contributed by atoms with E-state index in [1.165, 1.54) is 0 Å². The SMILES string of the molecule is CC1(C)C(N)CC1NC(=O)c1nccc2ccccc12. The monoisotopic (exact) mass is 269 g/mol. The fourth-order valence-corrected chi connectivity index (χ4v) is 2.73. The topological polar surface area (TPSA) is 68.0 Å². The maximum atomic E-state index is 12.4. The van der Waals surface area contributed by atoms with Gasteiger partial charge in [0.05, 0.1) is 0 Å². The molecular formula is C16H19N3O. The van der Waals surface area contributed by atoms with Gasteiger partial charge in [-0.3, -0.25) is 9.78 Å². The predicted octanol–water partition coefficient (Wildman–Crippen LogP) is 2.09. The molecule has 0 radical (unpaired) electrons. The molecule has 0 saturated heterocycles. The van der Waals surface area contributed by atoms with Crippen molar-refractivity contribution < 1.29 is 4.79 Å². The highest BCUT2D eigenvalue weighted by Gasteiger charge is 2.46. The van der Waals surface area contributed by atoms with Crippen LogP contribution in [0, 0.1) is 5.41 Å². The average Bonchev–Trinajstić information content (AvgIpc) is 2.46. The molecule has 2 aromatic rings. The van der Waals surface area contributed by atoms with Crippen LogP contribution in [0.2, 0.25) is 0 Å². The Bertz CT molecular complexity index is 660. The number of carbonyl (C=O) groups excluding carboxylic acids is 1. The zero-order valence-electron chi connectivity index (χ0n) is 11.8. The lowest BCUT2D eigenvalue weighted by Gasteiger charge is -2.50. The van der Waals surface area contributed by atoms with Crippen molar-refractivity contribution in [2.45, 2.75) is 32.4 Å². The minimum Gasteiger partial charge on any atom is -0.347 e. The molecule has 4 nitrogen and oxygen atoms in total. The van der Waals surface area contributed by atoms with Crippen LogP contribution in [0.3, 0.4) is 0 Å². The van der Waals surface area contributed by atoms with Gasteiger partial charge in [0.25, 0.3) is 5.91 Å². The smallest absolute Gasteiger partial charge is 0.270 e. The fourth-order valence-electron chi connectivity index (χ4n) is 2.73. The Morgan fingerprint density at radius 2 is 2.10 bits per heavy atom. The molecule has 1 fully saturated rings. The van der Waals surface area contributed by atoms with E-state index >= 15 is 0 Å². The Labute approximate surface area is 118 Å². The van der Waals surface area contributed by atoms with E-state index in [0.29, 0.717) is 5.69 Å².